The Kier molecular flexibility index (Phi) is 6.45. The second-order valence-electron chi connectivity index (χ2n) is 6.56. The number of carbonyl (C=O) groups is 1. The van der Waals surface area contributed by atoms with Crippen molar-refractivity contribution >= 4 is 5.91 Å². The maximum Gasteiger partial charge on any atom is 0.239 e. The van der Waals surface area contributed by atoms with E-state index >= 15 is 0 Å². The van der Waals surface area contributed by atoms with Crippen LogP contribution in [0.1, 0.15) is 40.0 Å². The number of carbonyl (C=O) groups excluding carboxylic acids is 1. The molecule has 2 heterocycles. The number of morpholine rings is 1. The number of ether oxygens (including phenoxy) is 1. The third-order valence-electron chi connectivity index (χ3n) is 4.61. The van der Waals surface area contributed by atoms with Crippen LogP contribution in [0.5, 0.6) is 0 Å². The Morgan fingerprint density at radius 2 is 1.90 bits per heavy atom. The van der Waals surface area contributed by atoms with Crippen molar-refractivity contribution in [1.29, 1.82) is 0 Å². The largest absolute Gasteiger partial charge is 0.378 e. The van der Waals surface area contributed by atoms with Gasteiger partial charge in [0.2, 0.25) is 5.91 Å². The van der Waals surface area contributed by atoms with Crippen LogP contribution in [0.25, 0.3) is 0 Å². The van der Waals surface area contributed by atoms with E-state index in [4.69, 9.17) is 4.74 Å². The second-order valence-corrected chi connectivity index (χ2v) is 6.56. The fourth-order valence-electron chi connectivity index (χ4n) is 3.31. The predicted molar refractivity (Wildman–Crippen MR) is 84.3 cm³/mol. The zero-order valence-corrected chi connectivity index (χ0v) is 13.8. The van der Waals surface area contributed by atoms with Crippen molar-refractivity contribution in [3.05, 3.63) is 0 Å². The van der Waals surface area contributed by atoms with Crippen LogP contribution in [0.3, 0.4) is 0 Å². The number of hydrogen-bond acceptors (Lipinski definition) is 4. The van der Waals surface area contributed by atoms with Gasteiger partial charge in [-0.3, -0.25) is 9.69 Å². The molecule has 5 nitrogen and oxygen atoms in total. The van der Waals surface area contributed by atoms with Crippen molar-refractivity contribution in [2.24, 2.45) is 0 Å². The summed E-state index contributed by atoms with van der Waals surface area (Å²) in [7, 11) is 0. The van der Waals surface area contributed by atoms with Crippen molar-refractivity contribution in [2.45, 2.75) is 58.2 Å². The molecule has 2 aliphatic rings. The normalized spacial score (nSPS) is 26.1. The SMILES string of the molecule is CC(C)NCC1CCCCN1C(C)C(=O)N1CCOCC1. The van der Waals surface area contributed by atoms with E-state index in [0.717, 1.165) is 26.2 Å². The third kappa shape index (κ3) is 4.66. The van der Waals surface area contributed by atoms with E-state index in [1.165, 1.54) is 19.3 Å². The highest BCUT2D eigenvalue weighted by Gasteiger charge is 2.32. The Hall–Kier alpha value is -0.650. The van der Waals surface area contributed by atoms with E-state index in [1.807, 2.05) is 4.90 Å². The number of amides is 1. The van der Waals surface area contributed by atoms with Gasteiger partial charge in [-0.15, -0.1) is 0 Å². The lowest BCUT2D eigenvalue weighted by Gasteiger charge is -2.41. The van der Waals surface area contributed by atoms with Gasteiger partial charge in [0.1, 0.15) is 0 Å². The molecule has 0 aliphatic carbocycles. The van der Waals surface area contributed by atoms with Crippen molar-refractivity contribution in [3.63, 3.8) is 0 Å². The fraction of sp³-hybridized carbons (Fsp3) is 0.938. The van der Waals surface area contributed by atoms with Crippen molar-refractivity contribution < 1.29 is 9.53 Å². The molecule has 0 aromatic heterocycles. The highest BCUT2D eigenvalue weighted by atomic mass is 16.5. The van der Waals surface area contributed by atoms with Crippen LogP contribution in [-0.4, -0.2) is 73.2 Å². The molecule has 0 spiro atoms. The van der Waals surface area contributed by atoms with E-state index in [2.05, 4.69) is 31.0 Å². The number of hydrogen-bond donors (Lipinski definition) is 1. The van der Waals surface area contributed by atoms with E-state index < -0.39 is 0 Å². The van der Waals surface area contributed by atoms with Gasteiger partial charge in [0.15, 0.2) is 0 Å². The molecule has 0 saturated carbocycles. The molecule has 0 aromatic rings. The molecule has 5 heteroatoms. The van der Waals surface area contributed by atoms with Crippen LogP contribution in [0.15, 0.2) is 0 Å². The molecule has 2 fully saturated rings. The van der Waals surface area contributed by atoms with E-state index in [1.54, 1.807) is 0 Å². The van der Waals surface area contributed by atoms with Gasteiger partial charge in [-0.25, -0.2) is 0 Å². The highest BCUT2D eigenvalue weighted by molar-refractivity contribution is 5.81. The Morgan fingerprint density at radius 3 is 2.57 bits per heavy atom. The van der Waals surface area contributed by atoms with Gasteiger partial charge in [-0.1, -0.05) is 20.3 Å². The number of nitrogens with one attached hydrogen (secondary N) is 1. The molecule has 0 bridgehead atoms. The summed E-state index contributed by atoms with van der Waals surface area (Å²) in [6.45, 7) is 11.3. The monoisotopic (exact) mass is 297 g/mol. The summed E-state index contributed by atoms with van der Waals surface area (Å²) >= 11 is 0. The standard InChI is InChI=1S/C16H31N3O2/c1-13(2)17-12-15-6-4-5-7-19(15)14(3)16(20)18-8-10-21-11-9-18/h13-15,17H,4-12H2,1-3H3. The van der Waals surface area contributed by atoms with Crippen LogP contribution >= 0.6 is 0 Å². The zero-order chi connectivity index (χ0) is 15.2. The number of rotatable bonds is 5. The first-order valence-electron chi connectivity index (χ1n) is 8.45. The third-order valence-corrected chi connectivity index (χ3v) is 4.61. The summed E-state index contributed by atoms with van der Waals surface area (Å²) in [4.78, 5) is 17.1. The molecule has 0 aromatic carbocycles. The van der Waals surface area contributed by atoms with Crippen LogP contribution in [-0.2, 0) is 9.53 Å². The Bertz CT molecular complexity index is 329. The Morgan fingerprint density at radius 1 is 1.19 bits per heavy atom. The smallest absolute Gasteiger partial charge is 0.239 e. The lowest BCUT2D eigenvalue weighted by molar-refractivity contribution is -0.142. The first-order valence-corrected chi connectivity index (χ1v) is 8.45. The summed E-state index contributed by atoms with van der Waals surface area (Å²) in [6, 6.07) is 0.975. The maximum absolute atomic E-state index is 12.7. The van der Waals surface area contributed by atoms with Gasteiger partial charge in [-0.2, -0.15) is 0 Å². The average molecular weight is 297 g/mol. The van der Waals surface area contributed by atoms with E-state index in [0.29, 0.717) is 25.3 Å². The summed E-state index contributed by atoms with van der Waals surface area (Å²) in [5.74, 6) is 0.273. The predicted octanol–water partition coefficient (Wildman–Crippen LogP) is 1.09. The van der Waals surface area contributed by atoms with Gasteiger partial charge < -0.3 is 15.0 Å². The summed E-state index contributed by atoms with van der Waals surface area (Å²) in [6.07, 6.45) is 3.68. The number of piperidine rings is 1. The van der Waals surface area contributed by atoms with Crippen LogP contribution in [0.4, 0.5) is 0 Å². The van der Waals surface area contributed by atoms with Crippen LogP contribution in [0, 0.1) is 0 Å². The molecule has 2 aliphatic heterocycles. The molecular weight excluding hydrogens is 266 g/mol. The Labute approximate surface area is 129 Å². The molecule has 2 atom stereocenters. The van der Waals surface area contributed by atoms with E-state index in [9.17, 15) is 4.79 Å². The lowest BCUT2D eigenvalue weighted by atomic mass is 9.99. The molecule has 2 saturated heterocycles. The molecule has 0 radical (unpaired) electrons. The average Bonchev–Trinajstić information content (AvgIpc) is 2.52. The quantitative estimate of drug-likeness (QED) is 0.825. The lowest BCUT2D eigenvalue weighted by Crippen LogP contribution is -2.56. The van der Waals surface area contributed by atoms with Crippen molar-refractivity contribution in [2.75, 3.05) is 39.4 Å². The minimum absolute atomic E-state index is 0.0117. The van der Waals surface area contributed by atoms with Gasteiger partial charge in [0.05, 0.1) is 19.3 Å². The number of likely N-dealkylation sites (tertiary alicyclic amines) is 1. The zero-order valence-electron chi connectivity index (χ0n) is 13.8. The fourth-order valence-corrected chi connectivity index (χ4v) is 3.31. The number of nitrogens with zero attached hydrogens (tertiary/aromatic N) is 2. The van der Waals surface area contributed by atoms with Crippen molar-refractivity contribution in [1.82, 2.24) is 15.1 Å². The van der Waals surface area contributed by atoms with Gasteiger partial charge in [0.25, 0.3) is 0 Å². The second kappa shape index (κ2) is 8.11. The minimum atomic E-state index is -0.0117. The molecule has 2 rings (SSSR count). The van der Waals surface area contributed by atoms with Gasteiger partial charge >= 0.3 is 0 Å². The van der Waals surface area contributed by atoms with Crippen LogP contribution < -0.4 is 5.32 Å². The molecule has 21 heavy (non-hydrogen) atoms. The molecule has 1 amide bonds. The van der Waals surface area contributed by atoms with Crippen molar-refractivity contribution in [3.8, 4) is 0 Å². The first kappa shape index (κ1) is 16.7. The molecule has 2 unspecified atom stereocenters. The molecular formula is C16H31N3O2. The summed E-state index contributed by atoms with van der Waals surface area (Å²) in [5, 5.41) is 3.53. The maximum atomic E-state index is 12.7. The molecule has 122 valence electrons. The van der Waals surface area contributed by atoms with Gasteiger partial charge in [0, 0.05) is 31.7 Å². The van der Waals surface area contributed by atoms with Gasteiger partial charge in [-0.05, 0) is 26.3 Å². The minimum Gasteiger partial charge on any atom is -0.378 e. The Balaban J connectivity index is 1.93. The van der Waals surface area contributed by atoms with Crippen LogP contribution in [0.2, 0.25) is 0 Å². The summed E-state index contributed by atoms with van der Waals surface area (Å²) in [5.41, 5.74) is 0. The topological polar surface area (TPSA) is 44.8 Å². The van der Waals surface area contributed by atoms with E-state index in [-0.39, 0.29) is 11.9 Å². The highest BCUT2D eigenvalue weighted by Crippen LogP contribution is 2.20. The first-order chi connectivity index (χ1) is 10.1. The molecule has 1 N–H and O–H groups in total. The summed E-state index contributed by atoms with van der Waals surface area (Å²) < 4.78 is 5.34.